The minimum absolute atomic E-state index is 0.260. The molecule has 0 aliphatic heterocycles. The molecule has 1 aliphatic rings. The van der Waals surface area contributed by atoms with Gasteiger partial charge in [0.25, 0.3) is 0 Å². The molecule has 0 radical (unpaired) electrons. The number of hydrogen-bond donors (Lipinski definition) is 3. The lowest BCUT2D eigenvalue weighted by Gasteiger charge is -2.07. The van der Waals surface area contributed by atoms with E-state index in [0.717, 1.165) is 17.0 Å². The van der Waals surface area contributed by atoms with E-state index in [1.54, 1.807) is 7.11 Å². The summed E-state index contributed by atoms with van der Waals surface area (Å²) in [5.74, 6) is 1.97. The number of nitrogens with zero attached hydrogens (tertiary/aromatic N) is 1. The normalized spacial score (nSPS) is 13.8. The van der Waals surface area contributed by atoms with E-state index < -0.39 is 0 Å². The minimum Gasteiger partial charge on any atom is -0.497 e. The van der Waals surface area contributed by atoms with Gasteiger partial charge in [-0.2, -0.15) is 5.10 Å². The number of carbonyl (C=O) groups excluding carboxylic acids is 1. The average molecular weight is 286 g/mol. The van der Waals surface area contributed by atoms with Gasteiger partial charge in [0.2, 0.25) is 0 Å². The number of anilines is 1. The summed E-state index contributed by atoms with van der Waals surface area (Å²) in [6, 6.07) is 9.22. The number of rotatable bonds is 5. The molecule has 1 fully saturated rings. The van der Waals surface area contributed by atoms with Crippen molar-refractivity contribution in [3.63, 3.8) is 0 Å². The highest BCUT2D eigenvalue weighted by Crippen LogP contribution is 2.39. The van der Waals surface area contributed by atoms with Gasteiger partial charge < -0.3 is 10.1 Å². The molecule has 3 rings (SSSR count). The Hall–Kier alpha value is -2.50. The van der Waals surface area contributed by atoms with Gasteiger partial charge in [-0.1, -0.05) is 12.1 Å². The Balaban J connectivity index is 1.51. The van der Waals surface area contributed by atoms with Crippen LogP contribution in [0.15, 0.2) is 30.3 Å². The van der Waals surface area contributed by atoms with Crippen molar-refractivity contribution < 1.29 is 9.53 Å². The van der Waals surface area contributed by atoms with E-state index in [1.807, 2.05) is 30.3 Å². The van der Waals surface area contributed by atoms with Gasteiger partial charge in [0.1, 0.15) is 11.6 Å². The summed E-state index contributed by atoms with van der Waals surface area (Å²) in [6.07, 6.45) is 2.37. The second-order valence-corrected chi connectivity index (χ2v) is 5.14. The molecular weight excluding hydrogens is 268 g/mol. The van der Waals surface area contributed by atoms with Gasteiger partial charge in [-0.05, 0) is 30.5 Å². The maximum atomic E-state index is 11.8. The van der Waals surface area contributed by atoms with Gasteiger partial charge in [-0.15, -0.1) is 0 Å². The number of aromatic amines is 1. The fourth-order valence-corrected chi connectivity index (χ4v) is 2.12. The van der Waals surface area contributed by atoms with E-state index in [2.05, 4.69) is 20.8 Å². The molecule has 6 heteroatoms. The number of carbonyl (C=O) groups is 1. The summed E-state index contributed by atoms with van der Waals surface area (Å²) in [6.45, 7) is 0.437. The van der Waals surface area contributed by atoms with Crippen LogP contribution in [0.25, 0.3) is 0 Å². The van der Waals surface area contributed by atoms with Crippen molar-refractivity contribution in [2.45, 2.75) is 25.3 Å². The zero-order valence-corrected chi connectivity index (χ0v) is 11.8. The predicted octanol–water partition coefficient (Wildman–Crippen LogP) is 2.62. The van der Waals surface area contributed by atoms with Crippen LogP contribution in [0.5, 0.6) is 5.75 Å². The number of amides is 2. The van der Waals surface area contributed by atoms with E-state index in [9.17, 15) is 4.79 Å². The predicted molar refractivity (Wildman–Crippen MR) is 79.4 cm³/mol. The molecule has 2 aromatic rings. The first-order valence-electron chi connectivity index (χ1n) is 6.97. The van der Waals surface area contributed by atoms with Crippen LogP contribution in [0.1, 0.15) is 30.0 Å². The first-order chi connectivity index (χ1) is 10.2. The number of methoxy groups -OCH3 is 1. The van der Waals surface area contributed by atoms with Gasteiger partial charge in [-0.25, -0.2) is 4.79 Å². The van der Waals surface area contributed by atoms with Crippen LogP contribution in [0.3, 0.4) is 0 Å². The zero-order valence-electron chi connectivity index (χ0n) is 11.8. The number of ether oxygens (including phenoxy) is 1. The summed E-state index contributed by atoms with van der Waals surface area (Å²) in [7, 11) is 1.62. The molecule has 1 aromatic heterocycles. The highest BCUT2D eigenvalue weighted by Gasteiger charge is 2.26. The maximum Gasteiger partial charge on any atom is 0.320 e. The first kappa shape index (κ1) is 13.5. The molecule has 1 aliphatic carbocycles. The number of benzene rings is 1. The maximum absolute atomic E-state index is 11.8. The van der Waals surface area contributed by atoms with Gasteiger partial charge in [-0.3, -0.25) is 10.4 Å². The molecule has 1 heterocycles. The number of urea groups is 1. The number of nitrogens with one attached hydrogen (secondary N) is 3. The highest BCUT2D eigenvalue weighted by atomic mass is 16.5. The molecule has 1 aromatic carbocycles. The Morgan fingerprint density at radius 3 is 3.05 bits per heavy atom. The van der Waals surface area contributed by atoms with Crippen molar-refractivity contribution in [2.24, 2.45) is 0 Å². The van der Waals surface area contributed by atoms with Gasteiger partial charge >= 0.3 is 6.03 Å². The zero-order chi connectivity index (χ0) is 14.7. The van der Waals surface area contributed by atoms with Gasteiger partial charge in [0.15, 0.2) is 0 Å². The van der Waals surface area contributed by atoms with Crippen LogP contribution in [-0.4, -0.2) is 23.3 Å². The fourth-order valence-electron chi connectivity index (χ4n) is 2.12. The smallest absolute Gasteiger partial charge is 0.320 e. The lowest BCUT2D eigenvalue weighted by molar-refractivity contribution is 0.251. The Bertz CT molecular complexity index is 634. The molecule has 0 unspecified atom stereocenters. The summed E-state index contributed by atoms with van der Waals surface area (Å²) in [5, 5.41) is 12.6. The van der Waals surface area contributed by atoms with Crippen LogP contribution in [-0.2, 0) is 6.54 Å². The largest absolute Gasteiger partial charge is 0.497 e. The average Bonchev–Trinajstić information content (AvgIpc) is 3.26. The molecule has 3 N–H and O–H groups in total. The third-order valence-corrected chi connectivity index (χ3v) is 3.43. The Morgan fingerprint density at radius 1 is 1.43 bits per heavy atom. The van der Waals surface area contributed by atoms with Crippen molar-refractivity contribution in [2.75, 3.05) is 12.4 Å². The van der Waals surface area contributed by atoms with Gasteiger partial charge in [0, 0.05) is 18.5 Å². The molecular formula is C15H18N4O2. The highest BCUT2D eigenvalue weighted by molar-refractivity contribution is 5.88. The van der Waals surface area contributed by atoms with E-state index in [0.29, 0.717) is 18.3 Å². The number of hydrogen-bond acceptors (Lipinski definition) is 3. The van der Waals surface area contributed by atoms with E-state index in [1.165, 1.54) is 12.8 Å². The fraction of sp³-hybridized carbons (Fsp3) is 0.333. The van der Waals surface area contributed by atoms with Crippen LogP contribution < -0.4 is 15.4 Å². The van der Waals surface area contributed by atoms with Crippen LogP contribution >= 0.6 is 0 Å². The molecule has 2 amide bonds. The molecule has 0 spiro atoms. The second kappa shape index (κ2) is 5.87. The van der Waals surface area contributed by atoms with E-state index in [4.69, 9.17) is 4.74 Å². The first-order valence-corrected chi connectivity index (χ1v) is 6.97. The van der Waals surface area contributed by atoms with Crippen LogP contribution in [0, 0.1) is 0 Å². The van der Waals surface area contributed by atoms with Crippen molar-refractivity contribution in [3.05, 3.63) is 41.6 Å². The quantitative estimate of drug-likeness (QED) is 0.790. The Morgan fingerprint density at radius 2 is 2.29 bits per heavy atom. The molecule has 21 heavy (non-hydrogen) atoms. The summed E-state index contributed by atoms with van der Waals surface area (Å²) >= 11 is 0. The third-order valence-electron chi connectivity index (χ3n) is 3.43. The van der Waals surface area contributed by atoms with Crippen molar-refractivity contribution >= 4 is 11.8 Å². The lowest BCUT2D eigenvalue weighted by Crippen LogP contribution is -2.28. The third kappa shape index (κ3) is 3.53. The lowest BCUT2D eigenvalue weighted by atomic mass is 10.2. The van der Waals surface area contributed by atoms with Crippen LogP contribution in [0.4, 0.5) is 10.6 Å². The SMILES string of the molecule is COc1cccc(CNC(=O)Nc2cc(C3CC3)n[nH]2)c1. The van der Waals surface area contributed by atoms with Gasteiger partial charge in [0.05, 0.1) is 12.8 Å². The Labute approximate surface area is 122 Å². The molecule has 110 valence electrons. The second-order valence-electron chi connectivity index (χ2n) is 5.14. The Kier molecular flexibility index (Phi) is 3.77. The summed E-state index contributed by atoms with van der Waals surface area (Å²) in [5.41, 5.74) is 2.01. The minimum atomic E-state index is -0.260. The van der Waals surface area contributed by atoms with Crippen LogP contribution in [0.2, 0.25) is 0 Å². The van der Waals surface area contributed by atoms with Crippen molar-refractivity contribution in [3.8, 4) is 5.75 Å². The van der Waals surface area contributed by atoms with Crippen molar-refractivity contribution in [1.29, 1.82) is 0 Å². The molecule has 0 saturated heterocycles. The summed E-state index contributed by atoms with van der Waals surface area (Å²) < 4.78 is 5.15. The summed E-state index contributed by atoms with van der Waals surface area (Å²) in [4.78, 5) is 11.8. The number of H-pyrrole nitrogens is 1. The van der Waals surface area contributed by atoms with E-state index >= 15 is 0 Å². The van der Waals surface area contributed by atoms with Crippen molar-refractivity contribution in [1.82, 2.24) is 15.5 Å². The topological polar surface area (TPSA) is 79.0 Å². The standard InChI is InChI=1S/C15H18N4O2/c1-21-12-4-2-3-10(7-12)9-16-15(20)17-14-8-13(18-19-14)11-5-6-11/h2-4,7-8,11H,5-6,9H2,1H3,(H3,16,17,18,19,20). The molecule has 0 bridgehead atoms. The molecule has 6 nitrogen and oxygen atoms in total. The molecule has 0 atom stereocenters. The number of aromatic nitrogens is 2. The monoisotopic (exact) mass is 286 g/mol. The van der Waals surface area contributed by atoms with E-state index in [-0.39, 0.29) is 6.03 Å². The molecule has 1 saturated carbocycles.